The largest absolute Gasteiger partial charge is 0.451 e. The van der Waals surface area contributed by atoms with Crippen LogP contribution in [0.3, 0.4) is 0 Å². The van der Waals surface area contributed by atoms with Gasteiger partial charge in [-0.1, -0.05) is 18.2 Å². The average molecular weight is 331 g/mol. The third-order valence-electron chi connectivity index (χ3n) is 3.54. The van der Waals surface area contributed by atoms with E-state index in [4.69, 9.17) is 4.74 Å². The number of aryl methyl sites for hydroxylation is 1. The van der Waals surface area contributed by atoms with E-state index in [1.165, 1.54) is 7.05 Å². The predicted molar refractivity (Wildman–Crippen MR) is 80.3 cm³/mol. The van der Waals surface area contributed by atoms with Crippen LogP contribution < -0.4 is 5.56 Å². The van der Waals surface area contributed by atoms with E-state index in [2.05, 4.69) is 9.84 Å². The van der Waals surface area contributed by atoms with Crippen molar-refractivity contribution in [2.75, 3.05) is 19.8 Å². The molecular weight excluding hydrogens is 318 g/mol. The average Bonchev–Trinajstić information content (AvgIpc) is 3.02. The Hall–Kier alpha value is -3.23. The number of benzene rings is 1. The molecule has 2 amide bonds. The lowest BCUT2D eigenvalue weighted by atomic mass is 10.1. The molecule has 1 aliphatic rings. The number of nitrogens with zero attached hydrogens (tertiary/aromatic N) is 3. The number of cyclic esters (lactones) is 1. The van der Waals surface area contributed by atoms with E-state index in [1.54, 1.807) is 24.3 Å². The molecule has 1 aromatic heterocycles. The molecule has 0 radical (unpaired) electrons. The van der Waals surface area contributed by atoms with Crippen molar-refractivity contribution in [1.29, 1.82) is 0 Å². The third kappa shape index (κ3) is 2.71. The summed E-state index contributed by atoms with van der Waals surface area (Å²) in [5.74, 6) is -1.54. The highest BCUT2D eigenvalue weighted by molar-refractivity contribution is 6.03. The number of rotatable bonds is 3. The highest BCUT2D eigenvalue weighted by atomic mass is 16.6. The van der Waals surface area contributed by atoms with Gasteiger partial charge in [0.1, 0.15) is 6.61 Å². The second-order valence-corrected chi connectivity index (χ2v) is 5.06. The van der Waals surface area contributed by atoms with E-state index >= 15 is 0 Å². The number of amides is 2. The first-order valence-corrected chi connectivity index (χ1v) is 7.09. The van der Waals surface area contributed by atoms with Crippen LogP contribution in [-0.2, 0) is 21.3 Å². The minimum absolute atomic E-state index is 0.0792. The minimum atomic E-state index is -0.859. The second-order valence-electron chi connectivity index (χ2n) is 5.06. The maximum atomic E-state index is 12.2. The Morgan fingerprint density at radius 1 is 1.25 bits per heavy atom. The Bertz CT molecular complexity index is 904. The van der Waals surface area contributed by atoms with Gasteiger partial charge in [-0.05, 0) is 6.07 Å². The quantitative estimate of drug-likeness (QED) is 0.732. The molecule has 9 heteroatoms. The molecular formula is C15H13N3O6. The van der Waals surface area contributed by atoms with Gasteiger partial charge in [-0.15, -0.1) is 0 Å². The molecule has 9 nitrogen and oxygen atoms in total. The molecule has 2 heterocycles. The van der Waals surface area contributed by atoms with Gasteiger partial charge in [0.05, 0.1) is 11.9 Å². The van der Waals surface area contributed by atoms with Gasteiger partial charge in [-0.2, -0.15) is 5.10 Å². The Morgan fingerprint density at radius 2 is 1.96 bits per heavy atom. The van der Waals surface area contributed by atoms with Gasteiger partial charge in [0.2, 0.25) is 0 Å². The number of hydrogen-bond donors (Lipinski definition) is 0. The summed E-state index contributed by atoms with van der Waals surface area (Å²) in [6.07, 6.45) is -0.762. The molecule has 0 saturated carbocycles. The molecule has 0 atom stereocenters. The van der Waals surface area contributed by atoms with Crippen LogP contribution >= 0.6 is 0 Å². The molecule has 0 N–H and O–H groups in total. The van der Waals surface area contributed by atoms with Crippen molar-refractivity contribution in [2.24, 2.45) is 7.05 Å². The third-order valence-corrected chi connectivity index (χ3v) is 3.54. The van der Waals surface area contributed by atoms with Gasteiger partial charge in [-0.25, -0.2) is 19.2 Å². The summed E-state index contributed by atoms with van der Waals surface area (Å²) < 4.78 is 10.6. The van der Waals surface area contributed by atoms with Crippen molar-refractivity contribution < 1.29 is 23.9 Å². The molecule has 124 valence electrons. The lowest BCUT2D eigenvalue weighted by Gasteiger charge is -2.11. The van der Waals surface area contributed by atoms with Crippen molar-refractivity contribution >= 4 is 28.7 Å². The topological polar surface area (TPSA) is 108 Å². The monoisotopic (exact) mass is 331 g/mol. The molecule has 1 aliphatic heterocycles. The van der Waals surface area contributed by atoms with Crippen LogP contribution in [0.4, 0.5) is 4.79 Å². The number of fused-ring (bicyclic) bond motifs is 1. The first-order chi connectivity index (χ1) is 11.5. The Kier molecular flexibility index (Phi) is 3.98. The zero-order valence-electron chi connectivity index (χ0n) is 12.7. The Morgan fingerprint density at radius 3 is 2.62 bits per heavy atom. The van der Waals surface area contributed by atoms with Crippen LogP contribution in [0, 0.1) is 0 Å². The molecule has 1 aromatic carbocycles. The SMILES string of the molecule is Cn1nc(C(=O)OCC(=O)N2CCOC2=O)c2ccccc2c1=O. The Balaban J connectivity index is 1.82. The summed E-state index contributed by atoms with van der Waals surface area (Å²) in [4.78, 5) is 48.2. The van der Waals surface area contributed by atoms with Crippen molar-refractivity contribution in [2.45, 2.75) is 0 Å². The fraction of sp³-hybridized carbons (Fsp3) is 0.267. The van der Waals surface area contributed by atoms with Gasteiger partial charge in [-0.3, -0.25) is 9.59 Å². The van der Waals surface area contributed by atoms with Gasteiger partial charge >= 0.3 is 12.1 Å². The zero-order valence-corrected chi connectivity index (χ0v) is 12.7. The summed E-state index contributed by atoms with van der Waals surface area (Å²) in [7, 11) is 1.41. The molecule has 0 aliphatic carbocycles. The van der Waals surface area contributed by atoms with E-state index in [9.17, 15) is 19.2 Å². The molecule has 1 fully saturated rings. The normalized spacial score (nSPS) is 13.9. The molecule has 3 rings (SSSR count). The van der Waals surface area contributed by atoms with Crippen LogP contribution in [0.15, 0.2) is 29.1 Å². The first-order valence-electron chi connectivity index (χ1n) is 7.09. The Labute approximate surface area is 135 Å². The fourth-order valence-electron chi connectivity index (χ4n) is 2.34. The number of carbonyl (C=O) groups is 3. The highest BCUT2D eigenvalue weighted by Crippen LogP contribution is 2.14. The first kappa shape index (κ1) is 15.7. The van der Waals surface area contributed by atoms with Crippen molar-refractivity contribution in [1.82, 2.24) is 14.7 Å². The fourth-order valence-corrected chi connectivity index (χ4v) is 2.34. The number of imide groups is 1. The maximum Gasteiger partial charge on any atom is 0.416 e. The van der Waals surface area contributed by atoms with E-state index in [-0.39, 0.29) is 24.4 Å². The van der Waals surface area contributed by atoms with Gasteiger partial charge in [0.15, 0.2) is 12.3 Å². The highest BCUT2D eigenvalue weighted by Gasteiger charge is 2.29. The smallest absolute Gasteiger partial charge is 0.416 e. The molecule has 1 saturated heterocycles. The molecule has 0 unspecified atom stereocenters. The van der Waals surface area contributed by atoms with Crippen LogP contribution in [0.1, 0.15) is 10.5 Å². The van der Waals surface area contributed by atoms with Crippen molar-refractivity contribution in [3.63, 3.8) is 0 Å². The number of aromatic nitrogens is 2. The van der Waals surface area contributed by atoms with Crippen LogP contribution in [-0.4, -0.2) is 52.4 Å². The number of carbonyl (C=O) groups excluding carboxylic acids is 3. The molecule has 0 spiro atoms. The molecule has 2 aromatic rings. The summed E-state index contributed by atoms with van der Waals surface area (Å²) in [5.41, 5.74) is -0.428. The van der Waals surface area contributed by atoms with Gasteiger partial charge < -0.3 is 9.47 Å². The van der Waals surface area contributed by atoms with Gasteiger partial charge in [0, 0.05) is 12.4 Å². The van der Waals surface area contributed by atoms with Crippen molar-refractivity contribution in [3.05, 3.63) is 40.3 Å². The summed E-state index contributed by atoms with van der Waals surface area (Å²) in [6.45, 7) is -0.380. The van der Waals surface area contributed by atoms with Crippen LogP contribution in [0.5, 0.6) is 0 Å². The van der Waals surface area contributed by atoms with E-state index in [0.29, 0.717) is 10.8 Å². The lowest BCUT2D eigenvalue weighted by molar-refractivity contribution is -0.131. The van der Waals surface area contributed by atoms with E-state index in [1.807, 2.05) is 0 Å². The summed E-state index contributed by atoms with van der Waals surface area (Å²) in [6, 6.07) is 6.47. The van der Waals surface area contributed by atoms with E-state index in [0.717, 1.165) is 9.58 Å². The summed E-state index contributed by atoms with van der Waals surface area (Å²) >= 11 is 0. The summed E-state index contributed by atoms with van der Waals surface area (Å²) in [5, 5.41) is 4.55. The molecule has 24 heavy (non-hydrogen) atoms. The van der Waals surface area contributed by atoms with Crippen molar-refractivity contribution in [3.8, 4) is 0 Å². The van der Waals surface area contributed by atoms with Gasteiger partial charge in [0.25, 0.3) is 11.5 Å². The number of esters is 1. The second kappa shape index (κ2) is 6.11. The molecule has 0 bridgehead atoms. The minimum Gasteiger partial charge on any atom is -0.451 e. The zero-order chi connectivity index (χ0) is 17.3. The predicted octanol–water partition coefficient (Wildman–Crippen LogP) is 0.0691. The van der Waals surface area contributed by atoms with Crippen LogP contribution in [0.25, 0.3) is 10.8 Å². The standard InChI is InChI=1S/C15H13N3O6/c1-17-13(20)10-5-3-2-4-9(10)12(16-17)14(21)24-8-11(19)18-6-7-23-15(18)22/h2-5H,6-8H2,1H3. The number of ether oxygens (including phenoxy) is 2. The maximum absolute atomic E-state index is 12.2. The lowest BCUT2D eigenvalue weighted by Crippen LogP contribution is -2.35. The van der Waals surface area contributed by atoms with E-state index < -0.39 is 24.6 Å². The van der Waals surface area contributed by atoms with Crippen LogP contribution in [0.2, 0.25) is 0 Å². The number of hydrogen-bond acceptors (Lipinski definition) is 7.